The van der Waals surface area contributed by atoms with Crippen LogP contribution in [0.2, 0.25) is 0 Å². The van der Waals surface area contributed by atoms with Crippen molar-refractivity contribution in [1.29, 1.82) is 0 Å². The Morgan fingerprint density at radius 1 is 1.50 bits per heavy atom. The Morgan fingerprint density at radius 3 is 2.64 bits per heavy atom. The number of imide groups is 1. The van der Waals surface area contributed by atoms with Crippen LogP contribution in [0.15, 0.2) is 0 Å². The standard InChI is InChI=1S/C10H17NO2S/c1-4-5-11-9(12)6-8(10(11)13)14-7(2)3/h7-8H,4-6H2,1-3H3. The lowest BCUT2D eigenvalue weighted by Gasteiger charge is -2.14. The van der Waals surface area contributed by atoms with Gasteiger partial charge >= 0.3 is 0 Å². The number of hydrogen-bond acceptors (Lipinski definition) is 3. The summed E-state index contributed by atoms with van der Waals surface area (Å²) in [6, 6.07) is 0. The minimum atomic E-state index is -0.131. The Hall–Kier alpha value is -0.510. The van der Waals surface area contributed by atoms with Crippen LogP contribution in [0.3, 0.4) is 0 Å². The predicted molar refractivity (Wildman–Crippen MR) is 58.1 cm³/mol. The van der Waals surface area contributed by atoms with Gasteiger partial charge in [-0.3, -0.25) is 14.5 Å². The fourth-order valence-corrected chi connectivity index (χ4v) is 2.69. The van der Waals surface area contributed by atoms with Crippen molar-refractivity contribution in [3.8, 4) is 0 Å². The van der Waals surface area contributed by atoms with Gasteiger partial charge in [0.15, 0.2) is 0 Å². The first-order chi connectivity index (χ1) is 6.56. The van der Waals surface area contributed by atoms with E-state index >= 15 is 0 Å². The summed E-state index contributed by atoms with van der Waals surface area (Å²) in [4.78, 5) is 24.6. The topological polar surface area (TPSA) is 37.4 Å². The summed E-state index contributed by atoms with van der Waals surface area (Å²) in [5, 5.41) is 0.271. The fourth-order valence-electron chi connectivity index (χ4n) is 1.55. The molecule has 1 fully saturated rings. The average molecular weight is 215 g/mol. The van der Waals surface area contributed by atoms with Crippen LogP contribution in [-0.2, 0) is 9.59 Å². The predicted octanol–water partition coefficient (Wildman–Crippen LogP) is 1.67. The van der Waals surface area contributed by atoms with Crippen molar-refractivity contribution >= 4 is 23.6 Å². The molecule has 1 atom stereocenters. The second-order valence-corrected chi connectivity index (χ2v) is 5.55. The normalized spacial score (nSPS) is 22.6. The molecule has 1 rings (SSSR count). The lowest BCUT2D eigenvalue weighted by atomic mass is 10.3. The highest BCUT2D eigenvalue weighted by atomic mass is 32.2. The summed E-state index contributed by atoms with van der Waals surface area (Å²) in [6.45, 7) is 6.64. The van der Waals surface area contributed by atoms with Crippen molar-refractivity contribution in [3.05, 3.63) is 0 Å². The molecule has 2 amide bonds. The molecule has 1 aliphatic rings. The molecular weight excluding hydrogens is 198 g/mol. The van der Waals surface area contributed by atoms with Gasteiger partial charge in [0.25, 0.3) is 0 Å². The minimum absolute atomic E-state index is 0.00463. The van der Waals surface area contributed by atoms with Crippen molar-refractivity contribution < 1.29 is 9.59 Å². The Labute approximate surface area is 89.2 Å². The monoisotopic (exact) mass is 215 g/mol. The van der Waals surface area contributed by atoms with Crippen LogP contribution < -0.4 is 0 Å². The van der Waals surface area contributed by atoms with E-state index in [0.717, 1.165) is 6.42 Å². The van der Waals surface area contributed by atoms with Gasteiger partial charge in [-0.1, -0.05) is 20.8 Å². The zero-order valence-corrected chi connectivity index (χ0v) is 9.76. The summed E-state index contributed by atoms with van der Waals surface area (Å²) < 4.78 is 0. The third kappa shape index (κ3) is 2.50. The van der Waals surface area contributed by atoms with Gasteiger partial charge in [-0.2, -0.15) is 0 Å². The van der Waals surface area contributed by atoms with Crippen LogP contribution in [0.4, 0.5) is 0 Å². The van der Waals surface area contributed by atoms with E-state index in [9.17, 15) is 9.59 Å². The van der Waals surface area contributed by atoms with Gasteiger partial charge in [-0.25, -0.2) is 0 Å². The van der Waals surface area contributed by atoms with E-state index in [2.05, 4.69) is 0 Å². The third-order valence-electron chi connectivity index (χ3n) is 2.09. The van der Waals surface area contributed by atoms with E-state index < -0.39 is 0 Å². The zero-order valence-electron chi connectivity index (χ0n) is 8.95. The highest BCUT2D eigenvalue weighted by Gasteiger charge is 2.38. The molecule has 1 unspecified atom stereocenters. The maximum absolute atomic E-state index is 11.7. The summed E-state index contributed by atoms with van der Waals surface area (Å²) in [6.07, 6.45) is 1.23. The van der Waals surface area contributed by atoms with Gasteiger partial charge in [0.05, 0.1) is 5.25 Å². The molecule has 80 valence electrons. The number of nitrogens with zero attached hydrogens (tertiary/aromatic N) is 1. The molecular formula is C10H17NO2S. The minimum Gasteiger partial charge on any atom is -0.282 e. The van der Waals surface area contributed by atoms with Gasteiger partial charge in [0.2, 0.25) is 11.8 Å². The van der Waals surface area contributed by atoms with Crippen molar-refractivity contribution in [2.45, 2.75) is 44.1 Å². The molecule has 0 bridgehead atoms. The summed E-state index contributed by atoms with van der Waals surface area (Å²) in [5.74, 6) is 0.00514. The van der Waals surface area contributed by atoms with Crippen molar-refractivity contribution in [1.82, 2.24) is 4.90 Å². The zero-order chi connectivity index (χ0) is 10.7. The van der Waals surface area contributed by atoms with Crippen molar-refractivity contribution in [3.63, 3.8) is 0 Å². The maximum atomic E-state index is 11.7. The molecule has 1 aliphatic heterocycles. The Balaban J connectivity index is 2.59. The Kier molecular flexibility index (Phi) is 3.98. The first kappa shape index (κ1) is 11.6. The summed E-state index contributed by atoms with van der Waals surface area (Å²) in [5.41, 5.74) is 0. The van der Waals surface area contributed by atoms with E-state index in [1.807, 2.05) is 20.8 Å². The van der Waals surface area contributed by atoms with Gasteiger partial charge < -0.3 is 0 Å². The Morgan fingerprint density at radius 2 is 2.14 bits per heavy atom. The second kappa shape index (κ2) is 4.82. The summed E-state index contributed by atoms with van der Waals surface area (Å²) in [7, 11) is 0. The number of rotatable bonds is 4. The van der Waals surface area contributed by atoms with Crippen molar-refractivity contribution in [2.24, 2.45) is 0 Å². The van der Waals surface area contributed by atoms with Gasteiger partial charge in [-0.05, 0) is 11.7 Å². The number of amides is 2. The molecule has 0 aromatic rings. The molecule has 0 saturated carbocycles. The van der Waals surface area contributed by atoms with Gasteiger partial charge in [0, 0.05) is 13.0 Å². The molecule has 0 radical (unpaired) electrons. The van der Waals surface area contributed by atoms with E-state index in [0.29, 0.717) is 18.2 Å². The number of carbonyl (C=O) groups excluding carboxylic acids is 2. The molecule has 0 aliphatic carbocycles. The van der Waals surface area contributed by atoms with Crippen LogP contribution in [0, 0.1) is 0 Å². The van der Waals surface area contributed by atoms with E-state index in [-0.39, 0.29) is 17.1 Å². The third-order valence-corrected chi connectivity index (χ3v) is 3.33. The first-order valence-corrected chi connectivity index (χ1v) is 6.00. The fraction of sp³-hybridized carbons (Fsp3) is 0.800. The Bertz CT molecular complexity index is 240. The summed E-state index contributed by atoms with van der Waals surface area (Å²) >= 11 is 1.59. The number of carbonyl (C=O) groups is 2. The lowest BCUT2D eigenvalue weighted by Crippen LogP contribution is -2.32. The van der Waals surface area contributed by atoms with Crippen LogP contribution in [-0.4, -0.2) is 33.8 Å². The molecule has 0 aromatic carbocycles. The van der Waals surface area contributed by atoms with E-state index in [4.69, 9.17) is 0 Å². The first-order valence-electron chi connectivity index (χ1n) is 5.06. The maximum Gasteiger partial charge on any atom is 0.242 e. The van der Waals surface area contributed by atoms with E-state index in [1.54, 1.807) is 11.8 Å². The van der Waals surface area contributed by atoms with Crippen LogP contribution in [0.25, 0.3) is 0 Å². The van der Waals surface area contributed by atoms with E-state index in [1.165, 1.54) is 4.90 Å². The molecule has 0 aromatic heterocycles. The number of thioether (sulfide) groups is 1. The molecule has 0 spiro atoms. The average Bonchev–Trinajstić information content (AvgIpc) is 2.32. The molecule has 3 nitrogen and oxygen atoms in total. The SMILES string of the molecule is CCCN1C(=O)CC(SC(C)C)C1=O. The lowest BCUT2D eigenvalue weighted by molar-refractivity contribution is -0.138. The van der Waals surface area contributed by atoms with Crippen LogP contribution in [0.5, 0.6) is 0 Å². The van der Waals surface area contributed by atoms with Crippen LogP contribution in [0.1, 0.15) is 33.6 Å². The molecule has 4 heteroatoms. The second-order valence-electron chi connectivity index (χ2n) is 3.76. The number of likely N-dealkylation sites (tertiary alicyclic amines) is 1. The largest absolute Gasteiger partial charge is 0.282 e. The molecule has 1 saturated heterocycles. The van der Waals surface area contributed by atoms with Crippen molar-refractivity contribution in [2.75, 3.05) is 6.54 Å². The highest BCUT2D eigenvalue weighted by Crippen LogP contribution is 2.28. The molecule has 0 N–H and O–H groups in total. The quantitative estimate of drug-likeness (QED) is 0.669. The smallest absolute Gasteiger partial charge is 0.242 e. The van der Waals surface area contributed by atoms with Gasteiger partial charge in [0.1, 0.15) is 0 Å². The molecule has 14 heavy (non-hydrogen) atoms. The molecule has 1 heterocycles. The van der Waals surface area contributed by atoms with Gasteiger partial charge in [-0.15, -0.1) is 11.8 Å². The number of hydrogen-bond donors (Lipinski definition) is 0. The van der Waals surface area contributed by atoms with Crippen LogP contribution >= 0.6 is 11.8 Å². The highest BCUT2D eigenvalue weighted by molar-refractivity contribution is 8.01.